The highest BCUT2D eigenvalue weighted by Gasteiger charge is 2.40. The summed E-state index contributed by atoms with van der Waals surface area (Å²) in [7, 11) is 0. The summed E-state index contributed by atoms with van der Waals surface area (Å²) in [4.78, 5) is 48.0. The highest BCUT2D eigenvalue weighted by atomic mass is 32.1. The molecule has 3 amide bonds. The summed E-state index contributed by atoms with van der Waals surface area (Å²) in [6, 6.07) is 23.4. The maximum absolute atomic E-state index is 13.6. The van der Waals surface area contributed by atoms with Gasteiger partial charge in [0, 0.05) is 19.6 Å². The predicted molar refractivity (Wildman–Crippen MR) is 153 cm³/mol. The number of para-hydroxylation sites is 1. The highest BCUT2D eigenvalue weighted by molar-refractivity contribution is 7.18. The molecule has 0 saturated carbocycles. The molecule has 0 radical (unpaired) electrons. The van der Waals surface area contributed by atoms with Gasteiger partial charge in [-0.3, -0.25) is 19.3 Å². The van der Waals surface area contributed by atoms with Gasteiger partial charge >= 0.3 is 0 Å². The van der Waals surface area contributed by atoms with E-state index in [1.807, 2.05) is 54.6 Å². The number of anilines is 1. The van der Waals surface area contributed by atoms with Crippen molar-refractivity contribution in [3.63, 3.8) is 0 Å². The average molecular weight is 539 g/mol. The minimum absolute atomic E-state index is 0.0370. The quantitative estimate of drug-likeness (QED) is 0.326. The molecule has 0 aliphatic carbocycles. The highest BCUT2D eigenvalue weighted by Crippen LogP contribution is 2.35. The first-order valence-corrected chi connectivity index (χ1v) is 14.2. The Bertz CT molecular complexity index is 1520. The van der Waals surface area contributed by atoms with Crippen LogP contribution in [0.1, 0.15) is 57.0 Å². The molecule has 7 nitrogen and oxygen atoms in total. The van der Waals surface area contributed by atoms with E-state index in [0.717, 1.165) is 40.3 Å². The number of piperidine rings is 1. The van der Waals surface area contributed by atoms with Crippen LogP contribution in [0.4, 0.5) is 5.69 Å². The van der Waals surface area contributed by atoms with Gasteiger partial charge in [0.05, 0.1) is 39.5 Å². The lowest BCUT2D eigenvalue weighted by Gasteiger charge is -2.34. The number of thiazole rings is 1. The zero-order valence-electron chi connectivity index (χ0n) is 21.8. The van der Waals surface area contributed by atoms with Crippen molar-refractivity contribution in [1.82, 2.24) is 15.2 Å². The van der Waals surface area contributed by atoms with Gasteiger partial charge in [-0.05, 0) is 48.6 Å². The molecule has 1 N–H and O–H groups in total. The maximum Gasteiger partial charge on any atom is 0.264 e. The number of hydrogen-bond acceptors (Lipinski definition) is 6. The number of aromatic nitrogens is 1. The largest absolute Gasteiger partial charge is 0.370 e. The third-order valence-corrected chi connectivity index (χ3v) is 8.71. The van der Waals surface area contributed by atoms with E-state index in [1.54, 1.807) is 6.07 Å². The summed E-state index contributed by atoms with van der Waals surface area (Å²) in [5, 5.41) is 3.86. The maximum atomic E-state index is 13.6. The van der Waals surface area contributed by atoms with Crippen molar-refractivity contribution in [1.29, 1.82) is 0 Å². The summed E-state index contributed by atoms with van der Waals surface area (Å²) >= 11 is 1.50. The standard InChI is InChI=1S/C31H30N4O3S/c1-20(21-9-3-2-4-10-21)17-32-29(36)22-11-8-16-34(18-22)25-14-7-12-23-28(25)31(38)35(30(23)37)19-27-33-24-13-5-6-15-26(24)39-27/h2-7,9-10,12-15,20,22H,8,11,16-19H2,1H3,(H,32,36). The topological polar surface area (TPSA) is 82.6 Å². The molecule has 2 aliphatic heterocycles. The Labute approximate surface area is 231 Å². The van der Waals surface area contributed by atoms with Crippen LogP contribution in [-0.4, -0.2) is 47.2 Å². The summed E-state index contributed by atoms with van der Waals surface area (Å²) < 4.78 is 1.03. The van der Waals surface area contributed by atoms with Crippen molar-refractivity contribution in [3.8, 4) is 0 Å². The van der Waals surface area contributed by atoms with Gasteiger partial charge in [-0.25, -0.2) is 4.98 Å². The minimum Gasteiger partial charge on any atom is -0.370 e. The fraction of sp³-hybridized carbons (Fsp3) is 0.290. The number of nitrogens with one attached hydrogen (secondary N) is 1. The smallest absolute Gasteiger partial charge is 0.264 e. The van der Waals surface area contributed by atoms with Gasteiger partial charge in [0.2, 0.25) is 5.91 Å². The van der Waals surface area contributed by atoms with Crippen LogP contribution in [0.2, 0.25) is 0 Å². The number of rotatable bonds is 7. The molecule has 2 unspecified atom stereocenters. The number of hydrogen-bond donors (Lipinski definition) is 1. The fourth-order valence-electron chi connectivity index (χ4n) is 5.55. The number of fused-ring (bicyclic) bond motifs is 2. The molecule has 1 saturated heterocycles. The van der Waals surface area contributed by atoms with Crippen LogP contribution in [0.15, 0.2) is 72.8 Å². The molecule has 3 heterocycles. The molecule has 39 heavy (non-hydrogen) atoms. The van der Waals surface area contributed by atoms with E-state index < -0.39 is 0 Å². The zero-order valence-corrected chi connectivity index (χ0v) is 22.6. The second-order valence-corrected chi connectivity index (χ2v) is 11.4. The number of imide groups is 1. The molecule has 0 spiro atoms. The molecule has 2 atom stereocenters. The number of carbonyl (C=O) groups excluding carboxylic acids is 3. The Morgan fingerprint density at radius 3 is 2.64 bits per heavy atom. The van der Waals surface area contributed by atoms with Crippen LogP contribution in [0.3, 0.4) is 0 Å². The first-order valence-electron chi connectivity index (χ1n) is 13.4. The molecule has 3 aromatic carbocycles. The van der Waals surface area contributed by atoms with Gasteiger partial charge < -0.3 is 10.2 Å². The number of carbonyl (C=O) groups is 3. The third-order valence-electron chi connectivity index (χ3n) is 7.69. The lowest BCUT2D eigenvalue weighted by Crippen LogP contribution is -2.44. The van der Waals surface area contributed by atoms with Crippen molar-refractivity contribution in [2.45, 2.75) is 32.2 Å². The summed E-state index contributed by atoms with van der Waals surface area (Å²) in [5.74, 6) is -0.513. The lowest BCUT2D eigenvalue weighted by atomic mass is 9.94. The van der Waals surface area contributed by atoms with Gasteiger partial charge in [-0.2, -0.15) is 0 Å². The molecule has 6 rings (SSSR count). The Hall–Kier alpha value is -4.04. The second-order valence-electron chi connectivity index (χ2n) is 10.3. The monoisotopic (exact) mass is 538 g/mol. The number of nitrogens with zero attached hydrogens (tertiary/aromatic N) is 3. The van der Waals surface area contributed by atoms with Crippen LogP contribution in [0.5, 0.6) is 0 Å². The lowest BCUT2D eigenvalue weighted by molar-refractivity contribution is -0.125. The van der Waals surface area contributed by atoms with E-state index in [1.165, 1.54) is 21.8 Å². The summed E-state index contributed by atoms with van der Waals surface area (Å²) in [6.07, 6.45) is 1.64. The van der Waals surface area contributed by atoms with Crippen molar-refractivity contribution < 1.29 is 14.4 Å². The van der Waals surface area contributed by atoms with Crippen LogP contribution in [0, 0.1) is 5.92 Å². The van der Waals surface area contributed by atoms with Gasteiger partial charge in [0.1, 0.15) is 5.01 Å². The van der Waals surface area contributed by atoms with Crippen LogP contribution in [-0.2, 0) is 11.3 Å². The van der Waals surface area contributed by atoms with E-state index >= 15 is 0 Å². The Morgan fingerprint density at radius 2 is 1.82 bits per heavy atom. The first-order chi connectivity index (χ1) is 19.0. The van der Waals surface area contributed by atoms with Gasteiger partial charge in [-0.1, -0.05) is 55.5 Å². The van der Waals surface area contributed by atoms with Gasteiger partial charge in [0.25, 0.3) is 11.8 Å². The first kappa shape index (κ1) is 25.2. The van der Waals surface area contributed by atoms with Gasteiger partial charge in [-0.15, -0.1) is 11.3 Å². The number of amides is 3. The molecular formula is C31H30N4O3S. The van der Waals surface area contributed by atoms with Crippen molar-refractivity contribution in [3.05, 3.63) is 94.5 Å². The van der Waals surface area contributed by atoms with Crippen molar-refractivity contribution >= 4 is 45.0 Å². The normalized spacial score (nSPS) is 17.9. The fourth-order valence-corrected chi connectivity index (χ4v) is 6.51. The average Bonchev–Trinajstić information content (AvgIpc) is 3.50. The molecule has 0 bridgehead atoms. The van der Waals surface area contributed by atoms with E-state index in [2.05, 4.69) is 34.3 Å². The third kappa shape index (κ3) is 4.92. The Kier molecular flexibility index (Phi) is 6.87. The molecule has 8 heteroatoms. The Morgan fingerprint density at radius 1 is 1.03 bits per heavy atom. The van der Waals surface area contributed by atoms with Crippen LogP contribution in [0.25, 0.3) is 10.2 Å². The summed E-state index contributed by atoms with van der Waals surface area (Å²) in [5.41, 5.74) is 3.64. The van der Waals surface area contributed by atoms with Gasteiger partial charge in [0.15, 0.2) is 0 Å². The number of benzene rings is 3. The van der Waals surface area contributed by atoms with E-state index in [4.69, 9.17) is 0 Å². The van der Waals surface area contributed by atoms with Crippen LogP contribution >= 0.6 is 11.3 Å². The van der Waals surface area contributed by atoms with E-state index in [9.17, 15) is 14.4 Å². The molecule has 4 aromatic rings. The zero-order chi connectivity index (χ0) is 26.9. The van der Waals surface area contributed by atoms with Crippen molar-refractivity contribution in [2.75, 3.05) is 24.5 Å². The van der Waals surface area contributed by atoms with E-state index in [-0.39, 0.29) is 36.1 Å². The Balaban J connectivity index is 1.16. The summed E-state index contributed by atoms with van der Waals surface area (Å²) in [6.45, 7) is 4.09. The molecule has 1 fully saturated rings. The van der Waals surface area contributed by atoms with E-state index in [0.29, 0.717) is 24.2 Å². The minimum atomic E-state index is -0.298. The predicted octanol–water partition coefficient (Wildman–Crippen LogP) is 5.23. The van der Waals surface area contributed by atoms with Crippen molar-refractivity contribution in [2.24, 2.45) is 5.92 Å². The molecule has 2 aliphatic rings. The molecule has 1 aromatic heterocycles. The second kappa shape index (κ2) is 10.6. The molecular weight excluding hydrogens is 508 g/mol. The molecule has 198 valence electrons. The SMILES string of the molecule is CC(CNC(=O)C1CCCN(c2cccc3c2C(=O)N(Cc2nc4ccccc4s2)C3=O)C1)c1ccccc1. The van der Waals surface area contributed by atoms with Crippen LogP contribution < -0.4 is 10.2 Å².